The summed E-state index contributed by atoms with van der Waals surface area (Å²) in [4.78, 5) is 13.6. The van der Waals surface area contributed by atoms with Gasteiger partial charge in [-0.25, -0.2) is 0 Å². The topological polar surface area (TPSA) is 68.2 Å². The highest BCUT2D eigenvalue weighted by molar-refractivity contribution is 5.53. The van der Waals surface area contributed by atoms with Crippen LogP contribution in [-0.4, -0.2) is 55.1 Å². The zero-order valence-electron chi connectivity index (χ0n) is 16.0. The number of phenols is 1. The van der Waals surface area contributed by atoms with Gasteiger partial charge in [-0.1, -0.05) is 5.57 Å². The molecule has 1 atom stereocenters. The third kappa shape index (κ3) is 3.32. The number of nitrogens with zero attached hydrogens (tertiary/aromatic N) is 1. The van der Waals surface area contributed by atoms with Gasteiger partial charge in [-0.15, -0.1) is 0 Å². The number of rotatable bonds is 4. The van der Waals surface area contributed by atoms with Crippen molar-refractivity contribution in [2.75, 3.05) is 26.9 Å². The van der Waals surface area contributed by atoms with Crippen molar-refractivity contribution >= 4 is 6.41 Å². The summed E-state index contributed by atoms with van der Waals surface area (Å²) in [6, 6.07) is 3.64. The summed E-state index contributed by atoms with van der Waals surface area (Å²) in [7, 11) is 1.55. The lowest BCUT2D eigenvalue weighted by Gasteiger charge is -2.43. The predicted octanol–water partition coefficient (Wildman–Crippen LogP) is 2.71. The average Bonchev–Trinajstić information content (AvgIpc) is 3.12. The van der Waals surface area contributed by atoms with Gasteiger partial charge in [0.15, 0.2) is 17.3 Å². The second-order valence-electron chi connectivity index (χ2n) is 7.68. The van der Waals surface area contributed by atoms with E-state index in [-0.39, 0.29) is 11.8 Å². The van der Waals surface area contributed by atoms with E-state index in [1.807, 2.05) is 17.9 Å². The van der Waals surface area contributed by atoms with Crippen LogP contribution in [0.4, 0.5) is 0 Å². The highest BCUT2D eigenvalue weighted by Gasteiger charge is 2.43. The lowest BCUT2D eigenvalue weighted by atomic mass is 9.78. The zero-order chi connectivity index (χ0) is 19.0. The Hall–Kier alpha value is -2.05. The van der Waals surface area contributed by atoms with Gasteiger partial charge in [-0.3, -0.25) is 4.79 Å². The number of carbonyl (C=O) groups is 1. The molecule has 2 heterocycles. The van der Waals surface area contributed by atoms with E-state index in [1.165, 1.54) is 11.1 Å². The lowest BCUT2D eigenvalue weighted by molar-refractivity contribution is -0.165. The van der Waals surface area contributed by atoms with Crippen LogP contribution in [0.25, 0.3) is 0 Å². The Kier molecular flexibility index (Phi) is 4.86. The van der Waals surface area contributed by atoms with Crippen LogP contribution in [0.5, 0.6) is 11.5 Å². The fraction of sp³-hybridized carbons (Fsp3) is 0.571. The largest absolute Gasteiger partial charge is 0.504 e. The highest BCUT2D eigenvalue weighted by Crippen LogP contribution is 2.44. The number of benzene rings is 1. The smallest absolute Gasteiger partial charge is 0.210 e. The Morgan fingerprint density at radius 1 is 1.33 bits per heavy atom. The van der Waals surface area contributed by atoms with Crippen molar-refractivity contribution in [3.05, 3.63) is 34.4 Å². The lowest BCUT2D eigenvalue weighted by Crippen LogP contribution is -2.46. The molecule has 1 aromatic carbocycles. The van der Waals surface area contributed by atoms with Gasteiger partial charge in [-0.2, -0.15) is 0 Å². The van der Waals surface area contributed by atoms with Crippen LogP contribution in [0.1, 0.15) is 36.8 Å². The summed E-state index contributed by atoms with van der Waals surface area (Å²) in [6.45, 7) is 4.05. The Bertz CT molecular complexity index is 766. The first kappa shape index (κ1) is 18.3. The molecule has 1 aromatic rings. The Labute approximate surface area is 159 Å². The molecule has 1 saturated heterocycles. The molecule has 1 fully saturated rings. The molecule has 1 spiro atoms. The van der Waals surface area contributed by atoms with Crippen molar-refractivity contribution in [1.29, 1.82) is 0 Å². The molecule has 6 heteroatoms. The first-order valence-corrected chi connectivity index (χ1v) is 9.61. The molecule has 2 aliphatic heterocycles. The highest BCUT2D eigenvalue weighted by atomic mass is 16.7. The van der Waals surface area contributed by atoms with E-state index >= 15 is 0 Å². The van der Waals surface area contributed by atoms with Crippen molar-refractivity contribution in [3.8, 4) is 11.5 Å². The van der Waals surface area contributed by atoms with E-state index in [9.17, 15) is 9.90 Å². The minimum atomic E-state index is -0.443. The Morgan fingerprint density at radius 2 is 2.11 bits per heavy atom. The number of ether oxygens (including phenoxy) is 3. The summed E-state index contributed by atoms with van der Waals surface area (Å²) in [5, 5.41) is 10.2. The van der Waals surface area contributed by atoms with Gasteiger partial charge in [0.25, 0.3) is 0 Å². The molecule has 4 rings (SSSR count). The molecule has 1 N–H and O–H groups in total. The van der Waals surface area contributed by atoms with Crippen LogP contribution in [0, 0.1) is 6.92 Å². The number of amides is 1. The molecule has 146 valence electrons. The number of hydrogen-bond acceptors (Lipinski definition) is 5. The minimum Gasteiger partial charge on any atom is -0.504 e. The van der Waals surface area contributed by atoms with Gasteiger partial charge in [-0.05, 0) is 55.0 Å². The van der Waals surface area contributed by atoms with Gasteiger partial charge in [0.05, 0.1) is 26.4 Å². The van der Waals surface area contributed by atoms with Crippen molar-refractivity contribution < 1.29 is 24.1 Å². The number of phenolic OH excluding ortho intramolecular Hbond substituents is 1. The van der Waals surface area contributed by atoms with Crippen LogP contribution in [0.15, 0.2) is 23.3 Å². The number of aromatic hydroxyl groups is 1. The molecule has 3 aliphatic rings. The van der Waals surface area contributed by atoms with Crippen LogP contribution in [-0.2, 0) is 20.7 Å². The van der Waals surface area contributed by atoms with Gasteiger partial charge >= 0.3 is 0 Å². The summed E-state index contributed by atoms with van der Waals surface area (Å²) in [5.41, 5.74) is 4.81. The van der Waals surface area contributed by atoms with Gasteiger partial charge in [0, 0.05) is 19.4 Å². The van der Waals surface area contributed by atoms with E-state index in [4.69, 9.17) is 14.2 Å². The Balaban J connectivity index is 1.63. The maximum Gasteiger partial charge on any atom is 0.210 e. The average molecular weight is 373 g/mol. The molecule has 0 aromatic heterocycles. The predicted molar refractivity (Wildman–Crippen MR) is 99.8 cm³/mol. The van der Waals surface area contributed by atoms with E-state index in [2.05, 4.69) is 0 Å². The number of hydrogen-bond donors (Lipinski definition) is 1. The molecule has 1 unspecified atom stereocenters. The summed E-state index contributed by atoms with van der Waals surface area (Å²) < 4.78 is 17.0. The quantitative estimate of drug-likeness (QED) is 0.649. The number of methoxy groups -OCH3 is 1. The normalized spacial score (nSPS) is 24.2. The Morgan fingerprint density at radius 3 is 2.81 bits per heavy atom. The molecule has 0 saturated carbocycles. The molecule has 0 radical (unpaired) electrons. The van der Waals surface area contributed by atoms with Gasteiger partial charge < -0.3 is 24.2 Å². The van der Waals surface area contributed by atoms with Crippen molar-refractivity contribution in [3.63, 3.8) is 0 Å². The zero-order valence-corrected chi connectivity index (χ0v) is 16.0. The van der Waals surface area contributed by atoms with Crippen LogP contribution < -0.4 is 4.74 Å². The second kappa shape index (κ2) is 7.17. The first-order chi connectivity index (χ1) is 13.0. The third-order valence-electron chi connectivity index (χ3n) is 6.19. The summed E-state index contributed by atoms with van der Waals surface area (Å²) in [6.07, 6.45) is 5.05. The van der Waals surface area contributed by atoms with E-state index in [0.717, 1.165) is 43.2 Å². The monoisotopic (exact) mass is 373 g/mol. The van der Waals surface area contributed by atoms with E-state index in [1.54, 1.807) is 13.2 Å². The molecule has 6 nitrogen and oxygen atoms in total. The molecule has 27 heavy (non-hydrogen) atoms. The minimum absolute atomic E-state index is 0.0245. The maximum atomic E-state index is 11.7. The first-order valence-electron chi connectivity index (χ1n) is 9.61. The van der Waals surface area contributed by atoms with Crippen LogP contribution >= 0.6 is 0 Å². The van der Waals surface area contributed by atoms with Crippen molar-refractivity contribution in [1.82, 2.24) is 4.90 Å². The number of aryl methyl sites for hydroxylation is 1. The van der Waals surface area contributed by atoms with Crippen LogP contribution in [0.2, 0.25) is 0 Å². The molecule has 1 aliphatic carbocycles. The maximum absolute atomic E-state index is 11.7. The molecular formula is C21H27NO5. The van der Waals surface area contributed by atoms with E-state index < -0.39 is 5.79 Å². The fourth-order valence-corrected chi connectivity index (χ4v) is 4.72. The molecule has 0 bridgehead atoms. The van der Waals surface area contributed by atoms with Gasteiger partial charge in [0.1, 0.15) is 0 Å². The van der Waals surface area contributed by atoms with Crippen molar-refractivity contribution in [2.24, 2.45) is 0 Å². The molecular weight excluding hydrogens is 346 g/mol. The van der Waals surface area contributed by atoms with E-state index in [0.29, 0.717) is 31.9 Å². The SMILES string of the molecule is COc1cc(C)c(CC2C3=C(CCN2C=O)CC2(CC3)OCCO2)cc1O. The summed E-state index contributed by atoms with van der Waals surface area (Å²) in [5.74, 6) is 0.166. The summed E-state index contributed by atoms with van der Waals surface area (Å²) >= 11 is 0. The number of carbonyl (C=O) groups excluding carboxylic acids is 1. The van der Waals surface area contributed by atoms with Crippen molar-refractivity contribution in [2.45, 2.75) is 50.9 Å². The molecule has 1 amide bonds. The second-order valence-corrected chi connectivity index (χ2v) is 7.68. The fourth-order valence-electron chi connectivity index (χ4n) is 4.72. The third-order valence-corrected chi connectivity index (χ3v) is 6.19. The standard InChI is InChI=1S/C21H27NO5/c1-14-9-20(25-2)19(24)11-16(14)10-18-17-3-5-21(26-7-8-27-21)12-15(17)4-6-22(18)13-23/h9,11,13,18,24H,3-8,10,12H2,1-2H3. The van der Waals surface area contributed by atoms with Gasteiger partial charge in [0.2, 0.25) is 6.41 Å². The van der Waals surface area contributed by atoms with Crippen LogP contribution in [0.3, 0.4) is 0 Å².